The number of hydrogen-bond donors (Lipinski definition) is 1. The fourth-order valence-corrected chi connectivity index (χ4v) is 1.84. The van der Waals surface area contributed by atoms with E-state index < -0.39 is 48.7 Å². The van der Waals surface area contributed by atoms with Crippen molar-refractivity contribution in [2.45, 2.75) is 45.0 Å². The molecule has 0 aromatic carbocycles. The molecule has 122 valence electrons. The minimum atomic E-state index is -2.41. The Hall–Kier alpha value is -2.36. The maximum Gasteiger partial charge on any atom is 0.305 e. The van der Waals surface area contributed by atoms with Crippen molar-refractivity contribution in [3.8, 4) is 0 Å². The molecule has 0 radical (unpaired) electrons. The van der Waals surface area contributed by atoms with E-state index in [1.807, 2.05) is 0 Å². The van der Waals surface area contributed by atoms with E-state index in [-0.39, 0.29) is 0 Å². The largest absolute Gasteiger partial charge is 0.463 e. The van der Waals surface area contributed by atoms with Crippen LogP contribution < -0.4 is 0 Å². The van der Waals surface area contributed by atoms with Crippen molar-refractivity contribution in [3.05, 3.63) is 10.4 Å². The first kappa shape index (κ1) is 17.7. The Bertz CT molecular complexity index is 517. The normalized spacial score (nSPS) is 30.1. The summed E-state index contributed by atoms with van der Waals surface area (Å²) in [5.41, 5.74) is 6.19. The fourth-order valence-electron chi connectivity index (χ4n) is 1.84. The Labute approximate surface area is 124 Å². The van der Waals surface area contributed by atoms with Gasteiger partial charge in [0.05, 0.1) is 0 Å². The highest BCUT2D eigenvalue weighted by Gasteiger charge is 2.60. The van der Waals surface area contributed by atoms with Crippen molar-refractivity contribution in [2.75, 3.05) is 6.61 Å². The Morgan fingerprint density at radius 2 is 1.82 bits per heavy atom. The Morgan fingerprint density at radius 3 is 2.27 bits per heavy atom. The molecular weight excluding hydrogens is 302 g/mol. The number of aliphatic hydroxyl groups is 1. The first-order valence-electron chi connectivity index (χ1n) is 6.12. The van der Waals surface area contributed by atoms with Gasteiger partial charge in [-0.25, -0.2) is 0 Å². The van der Waals surface area contributed by atoms with Crippen LogP contribution in [0.2, 0.25) is 0 Å². The van der Waals surface area contributed by atoms with E-state index in [1.54, 1.807) is 0 Å². The molecule has 1 saturated heterocycles. The molecular formula is C11H15N3O8. The molecule has 0 aromatic heterocycles. The topological polar surface area (TPSA) is 157 Å². The van der Waals surface area contributed by atoms with Gasteiger partial charge in [0.15, 0.2) is 0 Å². The average Bonchev–Trinajstić information content (AvgIpc) is 2.60. The summed E-state index contributed by atoms with van der Waals surface area (Å²) in [4.78, 5) is 35.5. The lowest BCUT2D eigenvalue weighted by atomic mass is 10.0. The summed E-state index contributed by atoms with van der Waals surface area (Å²) in [6.07, 6.45) is -4.51. The summed E-state index contributed by atoms with van der Waals surface area (Å²) < 4.78 is 19.5. The van der Waals surface area contributed by atoms with E-state index in [1.165, 1.54) is 0 Å². The van der Waals surface area contributed by atoms with E-state index >= 15 is 0 Å². The molecule has 0 aliphatic carbocycles. The standard InChI is InChI=1S/C11H15N3O8/c1-5(15)19-4-8-11(18,13-14-12)9(20-6(2)16)10(22-8)21-7(3)17/h8-10,18H,4H2,1-3H3/t8-,9+,10?,11-/m1/s1. The van der Waals surface area contributed by atoms with Crippen LogP contribution in [0.4, 0.5) is 0 Å². The fraction of sp³-hybridized carbons (Fsp3) is 0.727. The van der Waals surface area contributed by atoms with Crippen LogP contribution >= 0.6 is 0 Å². The van der Waals surface area contributed by atoms with Gasteiger partial charge in [-0.2, -0.15) is 0 Å². The van der Waals surface area contributed by atoms with E-state index in [9.17, 15) is 19.5 Å². The summed E-state index contributed by atoms with van der Waals surface area (Å²) in [6.45, 7) is 2.73. The minimum Gasteiger partial charge on any atom is -0.463 e. The third kappa shape index (κ3) is 4.07. The maximum absolute atomic E-state index is 11.1. The number of esters is 3. The number of carbonyl (C=O) groups is 3. The van der Waals surface area contributed by atoms with Crippen LogP contribution in [-0.4, -0.2) is 53.8 Å². The minimum absolute atomic E-state index is 0.500. The molecule has 1 aliphatic heterocycles. The molecule has 1 heterocycles. The molecule has 22 heavy (non-hydrogen) atoms. The van der Waals surface area contributed by atoms with Gasteiger partial charge in [0.1, 0.15) is 12.7 Å². The van der Waals surface area contributed by atoms with Crippen LogP contribution in [0.5, 0.6) is 0 Å². The van der Waals surface area contributed by atoms with Crippen LogP contribution in [0.25, 0.3) is 10.4 Å². The molecule has 1 N–H and O–H groups in total. The molecule has 1 aliphatic rings. The highest BCUT2D eigenvalue weighted by molar-refractivity contribution is 5.67. The van der Waals surface area contributed by atoms with E-state index in [0.29, 0.717) is 0 Å². The number of hydrogen-bond acceptors (Lipinski definition) is 9. The third-order valence-corrected chi connectivity index (χ3v) is 2.66. The summed E-state index contributed by atoms with van der Waals surface area (Å²) in [6, 6.07) is 0. The first-order valence-corrected chi connectivity index (χ1v) is 6.12. The molecule has 1 unspecified atom stereocenters. The lowest BCUT2D eigenvalue weighted by Crippen LogP contribution is -2.50. The molecule has 11 heteroatoms. The zero-order chi connectivity index (χ0) is 16.9. The van der Waals surface area contributed by atoms with Gasteiger partial charge >= 0.3 is 17.9 Å². The van der Waals surface area contributed by atoms with Gasteiger partial charge in [-0.05, 0) is 5.53 Å². The Morgan fingerprint density at radius 1 is 1.23 bits per heavy atom. The zero-order valence-corrected chi connectivity index (χ0v) is 12.1. The zero-order valence-electron chi connectivity index (χ0n) is 12.1. The summed E-state index contributed by atoms with van der Waals surface area (Å²) in [7, 11) is 0. The average molecular weight is 317 g/mol. The molecule has 0 amide bonds. The van der Waals surface area contributed by atoms with E-state index in [0.717, 1.165) is 20.8 Å². The van der Waals surface area contributed by atoms with Crippen LogP contribution in [-0.2, 0) is 33.3 Å². The monoisotopic (exact) mass is 317 g/mol. The second-order valence-electron chi connectivity index (χ2n) is 4.41. The van der Waals surface area contributed by atoms with Crippen molar-refractivity contribution in [3.63, 3.8) is 0 Å². The SMILES string of the molecule is CC(=O)OC[C@H]1OC(OC(C)=O)[C@H](OC(C)=O)[C@@]1(O)N=[N+]=[N-]. The van der Waals surface area contributed by atoms with Crippen LogP contribution in [0.3, 0.4) is 0 Å². The Balaban J connectivity index is 3.11. The van der Waals surface area contributed by atoms with Crippen molar-refractivity contribution in [1.82, 2.24) is 0 Å². The van der Waals surface area contributed by atoms with Gasteiger partial charge < -0.3 is 24.1 Å². The lowest BCUT2D eigenvalue weighted by Gasteiger charge is -2.27. The quantitative estimate of drug-likeness (QED) is 0.239. The van der Waals surface area contributed by atoms with Gasteiger partial charge in [0, 0.05) is 25.7 Å². The van der Waals surface area contributed by atoms with Crippen molar-refractivity contribution in [1.29, 1.82) is 0 Å². The molecule has 0 aromatic rings. The lowest BCUT2D eigenvalue weighted by molar-refractivity contribution is -0.198. The molecule has 1 rings (SSSR count). The van der Waals surface area contributed by atoms with Crippen LogP contribution in [0.15, 0.2) is 5.11 Å². The van der Waals surface area contributed by atoms with Gasteiger partial charge in [-0.15, -0.1) is 0 Å². The smallest absolute Gasteiger partial charge is 0.305 e. The van der Waals surface area contributed by atoms with Crippen LogP contribution in [0.1, 0.15) is 20.8 Å². The third-order valence-electron chi connectivity index (χ3n) is 2.66. The summed E-state index contributed by atoms with van der Waals surface area (Å²) in [5.74, 6) is -2.28. The van der Waals surface area contributed by atoms with Gasteiger partial charge in [-0.1, -0.05) is 5.11 Å². The molecule has 0 bridgehead atoms. The van der Waals surface area contributed by atoms with Crippen molar-refractivity contribution in [2.24, 2.45) is 5.11 Å². The Kier molecular flexibility index (Phi) is 5.69. The van der Waals surface area contributed by atoms with Gasteiger partial charge in [-0.3, -0.25) is 14.4 Å². The summed E-state index contributed by atoms with van der Waals surface area (Å²) in [5, 5.41) is 13.6. The van der Waals surface area contributed by atoms with Gasteiger partial charge in [0.25, 0.3) is 0 Å². The number of azide groups is 1. The molecule has 11 nitrogen and oxygen atoms in total. The predicted molar refractivity (Wildman–Crippen MR) is 66.7 cm³/mol. The summed E-state index contributed by atoms with van der Waals surface area (Å²) >= 11 is 0. The van der Waals surface area contributed by atoms with E-state index in [4.69, 9.17) is 19.7 Å². The molecule has 4 atom stereocenters. The number of carbonyl (C=O) groups excluding carboxylic acids is 3. The second kappa shape index (κ2) is 7.07. The predicted octanol–water partition coefficient (Wildman–Crippen LogP) is -0.232. The number of rotatable bonds is 5. The van der Waals surface area contributed by atoms with E-state index in [2.05, 4.69) is 14.8 Å². The van der Waals surface area contributed by atoms with Crippen LogP contribution in [0, 0.1) is 0 Å². The number of nitrogens with zero attached hydrogens (tertiary/aromatic N) is 3. The molecule has 0 spiro atoms. The number of ether oxygens (including phenoxy) is 4. The first-order chi connectivity index (χ1) is 10.2. The highest BCUT2D eigenvalue weighted by atomic mass is 16.7. The van der Waals surface area contributed by atoms with Crippen molar-refractivity contribution < 1.29 is 38.4 Å². The molecule has 0 saturated carbocycles. The molecule has 1 fully saturated rings. The van der Waals surface area contributed by atoms with Gasteiger partial charge in [0.2, 0.25) is 18.1 Å². The second-order valence-corrected chi connectivity index (χ2v) is 4.41. The van der Waals surface area contributed by atoms with Crippen molar-refractivity contribution >= 4 is 17.9 Å². The highest BCUT2D eigenvalue weighted by Crippen LogP contribution is 2.36. The maximum atomic E-state index is 11.1.